The average molecular weight is 274 g/mol. The molecule has 0 bridgehead atoms. The third-order valence-corrected chi connectivity index (χ3v) is 3.80. The molecule has 3 rings (SSSR count). The molecule has 7 heteroatoms. The van der Waals surface area contributed by atoms with Gasteiger partial charge in [0.15, 0.2) is 0 Å². The number of nitrogens with zero attached hydrogens (tertiary/aromatic N) is 3. The van der Waals surface area contributed by atoms with Crippen LogP contribution in [0.3, 0.4) is 0 Å². The highest BCUT2D eigenvalue weighted by Crippen LogP contribution is 2.46. The topological polar surface area (TPSA) is 108 Å². The lowest BCUT2D eigenvalue weighted by Crippen LogP contribution is -2.19. The monoisotopic (exact) mass is 274 g/mol. The molecule has 7 nitrogen and oxygen atoms in total. The summed E-state index contributed by atoms with van der Waals surface area (Å²) >= 11 is 0. The maximum Gasteiger partial charge on any atom is 0.270 e. The Hall–Kier alpha value is -2.28. The van der Waals surface area contributed by atoms with E-state index in [1.165, 1.54) is 12.1 Å². The summed E-state index contributed by atoms with van der Waals surface area (Å²) in [5.74, 6) is 0.904. The van der Waals surface area contributed by atoms with Gasteiger partial charge in [-0.3, -0.25) is 10.1 Å². The highest BCUT2D eigenvalue weighted by atomic mass is 16.6. The van der Waals surface area contributed by atoms with Gasteiger partial charge in [-0.25, -0.2) is 0 Å². The molecule has 1 aliphatic rings. The number of nitro benzene ring substituents is 1. The summed E-state index contributed by atoms with van der Waals surface area (Å²) in [5, 5.41) is 14.8. The van der Waals surface area contributed by atoms with Crippen LogP contribution in [-0.4, -0.2) is 21.6 Å². The summed E-state index contributed by atoms with van der Waals surface area (Å²) in [7, 11) is 0. The van der Waals surface area contributed by atoms with E-state index in [0.717, 1.165) is 18.4 Å². The van der Waals surface area contributed by atoms with Gasteiger partial charge in [-0.1, -0.05) is 11.2 Å². The van der Waals surface area contributed by atoms with Gasteiger partial charge in [0.2, 0.25) is 11.7 Å². The molecule has 2 N–H and O–H groups in total. The zero-order valence-electron chi connectivity index (χ0n) is 11.0. The zero-order valence-corrected chi connectivity index (χ0v) is 11.0. The van der Waals surface area contributed by atoms with Crippen LogP contribution in [0.2, 0.25) is 0 Å². The number of aromatic nitrogens is 2. The minimum absolute atomic E-state index is 0.0110. The SMILES string of the molecule is Cc1ccc([N+](=O)[O-])cc1-c1noc(C2(CN)CC2)n1. The molecule has 1 aromatic heterocycles. The quantitative estimate of drug-likeness (QED) is 0.674. The molecule has 0 spiro atoms. The normalized spacial score (nSPS) is 16.1. The number of hydrogen-bond acceptors (Lipinski definition) is 6. The minimum atomic E-state index is -0.438. The molecule has 104 valence electrons. The molecule has 1 fully saturated rings. The van der Waals surface area contributed by atoms with Crippen LogP contribution in [0.1, 0.15) is 24.3 Å². The molecule has 0 radical (unpaired) electrons. The first-order valence-corrected chi connectivity index (χ1v) is 6.35. The Kier molecular flexibility index (Phi) is 2.79. The van der Waals surface area contributed by atoms with E-state index in [-0.39, 0.29) is 11.1 Å². The largest absolute Gasteiger partial charge is 0.338 e. The van der Waals surface area contributed by atoms with E-state index in [9.17, 15) is 10.1 Å². The number of benzene rings is 1. The standard InChI is InChI=1S/C13H14N4O3/c1-8-2-3-9(17(18)19)6-10(8)11-15-12(20-16-11)13(7-14)4-5-13/h2-3,6H,4-5,7,14H2,1H3. The Labute approximate surface area is 114 Å². The van der Waals surface area contributed by atoms with Gasteiger partial charge in [-0.05, 0) is 25.3 Å². The summed E-state index contributed by atoms with van der Waals surface area (Å²) in [6, 6.07) is 4.60. The summed E-state index contributed by atoms with van der Waals surface area (Å²) in [6.07, 6.45) is 1.89. The molecule has 0 atom stereocenters. The highest BCUT2D eigenvalue weighted by molar-refractivity contribution is 5.63. The molecule has 1 saturated carbocycles. The van der Waals surface area contributed by atoms with E-state index in [1.807, 2.05) is 6.92 Å². The average Bonchev–Trinajstić information content (AvgIpc) is 3.09. The van der Waals surface area contributed by atoms with Crippen molar-refractivity contribution in [1.82, 2.24) is 10.1 Å². The summed E-state index contributed by atoms with van der Waals surface area (Å²) < 4.78 is 5.28. The number of aryl methyl sites for hydroxylation is 1. The van der Waals surface area contributed by atoms with Gasteiger partial charge >= 0.3 is 0 Å². The van der Waals surface area contributed by atoms with Gasteiger partial charge < -0.3 is 10.3 Å². The summed E-state index contributed by atoms with van der Waals surface area (Å²) in [6.45, 7) is 2.33. The molecule has 0 aliphatic heterocycles. The second kappa shape index (κ2) is 4.38. The van der Waals surface area contributed by atoms with Crippen LogP contribution >= 0.6 is 0 Å². The smallest absolute Gasteiger partial charge is 0.270 e. The fourth-order valence-corrected chi connectivity index (χ4v) is 2.17. The lowest BCUT2D eigenvalue weighted by Gasteiger charge is -2.04. The van der Waals surface area contributed by atoms with Crippen LogP contribution in [0.5, 0.6) is 0 Å². The van der Waals surface area contributed by atoms with Gasteiger partial charge in [-0.2, -0.15) is 4.98 Å². The van der Waals surface area contributed by atoms with Gasteiger partial charge in [0, 0.05) is 24.2 Å². The van der Waals surface area contributed by atoms with Crippen molar-refractivity contribution in [2.75, 3.05) is 6.54 Å². The maximum absolute atomic E-state index is 10.8. The second-order valence-corrected chi connectivity index (χ2v) is 5.16. The molecular weight excluding hydrogens is 260 g/mol. The molecule has 0 unspecified atom stereocenters. The predicted molar refractivity (Wildman–Crippen MR) is 71.1 cm³/mol. The Morgan fingerprint density at radius 2 is 2.25 bits per heavy atom. The van der Waals surface area contributed by atoms with Crippen LogP contribution in [0.15, 0.2) is 22.7 Å². The molecule has 0 saturated heterocycles. The van der Waals surface area contributed by atoms with Crippen molar-refractivity contribution in [2.45, 2.75) is 25.2 Å². The van der Waals surface area contributed by atoms with Gasteiger partial charge in [0.05, 0.1) is 10.3 Å². The molecule has 1 heterocycles. The second-order valence-electron chi connectivity index (χ2n) is 5.16. The molecule has 2 aromatic rings. The van der Waals surface area contributed by atoms with Crippen molar-refractivity contribution < 1.29 is 9.45 Å². The lowest BCUT2D eigenvalue weighted by atomic mass is 10.1. The number of hydrogen-bond donors (Lipinski definition) is 1. The minimum Gasteiger partial charge on any atom is -0.338 e. The zero-order chi connectivity index (χ0) is 14.3. The number of non-ortho nitro benzene ring substituents is 1. The van der Waals surface area contributed by atoms with Crippen molar-refractivity contribution in [3.63, 3.8) is 0 Å². The highest BCUT2D eigenvalue weighted by Gasteiger charge is 2.48. The summed E-state index contributed by atoms with van der Waals surface area (Å²) in [5.41, 5.74) is 7.03. The van der Waals surface area contributed by atoms with Crippen molar-refractivity contribution >= 4 is 5.69 Å². The van der Waals surface area contributed by atoms with Gasteiger partial charge in [0.1, 0.15) is 0 Å². The van der Waals surface area contributed by atoms with Crippen molar-refractivity contribution in [2.24, 2.45) is 5.73 Å². The first-order valence-electron chi connectivity index (χ1n) is 6.35. The fraction of sp³-hybridized carbons (Fsp3) is 0.385. The maximum atomic E-state index is 10.8. The van der Waals surface area contributed by atoms with E-state index in [1.54, 1.807) is 6.07 Å². The Morgan fingerprint density at radius 1 is 1.50 bits per heavy atom. The predicted octanol–water partition coefficient (Wildman–Crippen LogP) is 1.94. The van der Waals surface area contributed by atoms with Crippen LogP contribution < -0.4 is 5.73 Å². The van der Waals surface area contributed by atoms with E-state index in [2.05, 4.69) is 10.1 Å². The number of nitrogens with two attached hydrogens (primary N) is 1. The van der Waals surface area contributed by atoms with Crippen LogP contribution in [0.25, 0.3) is 11.4 Å². The van der Waals surface area contributed by atoms with Crippen molar-refractivity contribution in [1.29, 1.82) is 0 Å². The van der Waals surface area contributed by atoms with E-state index in [4.69, 9.17) is 10.3 Å². The van der Waals surface area contributed by atoms with E-state index in [0.29, 0.717) is 23.8 Å². The van der Waals surface area contributed by atoms with Crippen molar-refractivity contribution in [3.05, 3.63) is 39.8 Å². The van der Waals surface area contributed by atoms with Crippen LogP contribution in [0.4, 0.5) is 5.69 Å². The Bertz CT molecular complexity index is 676. The number of rotatable bonds is 4. The van der Waals surface area contributed by atoms with Crippen LogP contribution in [-0.2, 0) is 5.41 Å². The Balaban J connectivity index is 2.01. The first kappa shape index (κ1) is 12.7. The van der Waals surface area contributed by atoms with Crippen LogP contribution in [0, 0.1) is 17.0 Å². The Morgan fingerprint density at radius 3 is 2.85 bits per heavy atom. The molecule has 0 amide bonds. The third kappa shape index (κ3) is 1.96. The lowest BCUT2D eigenvalue weighted by molar-refractivity contribution is -0.384. The molecule has 1 aliphatic carbocycles. The van der Waals surface area contributed by atoms with Gasteiger partial charge in [-0.15, -0.1) is 0 Å². The van der Waals surface area contributed by atoms with E-state index < -0.39 is 4.92 Å². The fourth-order valence-electron chi connectivity index (χ4n) is 2.17. The first-order chi connectivity index (χ1) is 9.55. The molecule has 1 aromatic carbocycles. The number of nitro groups is 1. The van der Waals surface area contributed by atoms with E-state index >= 15 is 0 Å². The summed E-state index contributed by atoms with van der Waals surface area (Å²) in [4.78, 5) is 14.8. The molecule has 20 heavy (non-hydrogen) atoms. The molecular formula is C13H14N4O3. The van der Waals surface area contributed by atoms with Crippen molar-refractivity contribution in [3.8, 4) is 11.4 Å². The van der Waals surface area contributed by atoms with Gasteiger partial charge in [0.25, 0.3) is 5.69 Å². The third-order valence-electron chi connectivity index (χ3n) is 3.80.